The summed E-state index contributed by atoms with van der Waals surface area (Å²) in [6, 6.07) is 7.89. The van der Waals surface area contributed by atoms with Gasteiger partial charge in [0.15, 0.2) is 0 Å². The summed E-state index contributed by atoms with van der Waals surface area (Å²) < 4.78 is 10.1. The molecular formula is C16H24N2O4. The summed E-state index contributed by atoms with van der Waals surface area (Å²) in [5.41, 5.74) is 1.15. The summed E-state index contributed by atoms with van der Waals surface area (Å²) >= 11 is 0. The summed E-state index contributed by atoms with van der Waals surface area (Å²) in [6.07, 6.45) is 0. The molecule has 0 aliphatic carbocycles. The van der Waals surface area contributed by atoms with Crippen LogP contribution < -0.4 is 10.1 Å². The SMILES string of the molecule is COCC(=O)N[C@@H]1CN(Cc2cccc(OC)c2)C[C@H]1CO. The second-order valence-corrected chi connectivity index (χ2v) is 5.60. The number of carbonyl (C=O) groups excluding carboxylic acids is 1. The van der Waals surface area contributed by atoms with E-state index in [1.807, 2.05) is 24.3 Å². The van der Waals surface area contributed by atoms with Crippen LogP contribution in [0.25, 0.3) is 0 Å². The molecule has 0 spiro atoms. The molecule has 2 atom stereocenters. The van der Waals surface area contributed by atoms with E-state index in [4.69, 9.17) is 9.47 Å². The lowest BCUT2D eigenvalue weighted by molar-refractivity contribution is -0.125. The van der Waals surface area contributed by atoms with E-state index in [9.17, 15) is 9.90 Å². The van der Waals surface area contributed by atoms with Crippen molar-refractivity contribution in [1.29, 1.82) is 0 Å². The first-order valence-corrected chi connectivity index (χ1v) is 7.40. The largest absolute Gasteiger partial charge is 0.497 e. The summed E-state index contributed by atoms with van der Waals surface area (Å²) in [4.78, 5) is 13.9. The molecule has 0 aromatic heterocycles. The Hall–Kier alpha value is -1.63. The van der Waals surface area contributed by atoms with Crippen molar-refractivity contribution < 1.29 is 19.4 Å². The van der Waals surface area contributed by atoms with Crippen LogP contribution >= 0.6 is 0 Å². The fourth-order valence-corrected chi connectivity index (χ4v) is 2.85. The van der Waals surface area contributed by atoms with Crippen LogP contribution in [0.1, 0.15) is 5.56 Å². The average molecular weight is 308 g/mol. The van der Waals surface area contributed by atoms with Gasteiger partial charge in [0.25, 0.3) is 0 Å². The van der Waals surface area contributed by atoms with E-state index in [1.54, 1.807) is 7.11 Å². The van der Waals surface area contributed by atoms with Gasteiger partial charge in [-0.1, -0.05) is 12.1 Å². The normalized spacial score (nSPS) is 21.8. The number of benzene rings is 1. The molecule has 0 radical (unpaired) electrons. The third-order valence-corrected chi connectivity index (χ3v) is 3.91. The van der Waals surface area contributed by atoms with Gasteiger partial charge in [-0.25, -0.2) is 0 Å². The lowest BCUT2D eigenvalue weighted by Gasteiger charge is -2.18. The number of hydrogen-bond donors (Lipinski definition) is 2. The second kappa shape index (κ2) is 8.12. The molecule has 0 bridgehead atoms. The molecule has 1 fully saturated rings. The van der Waals surface area contributed by atoms with Crippen molar-refractivity contribution >= 4 is 5.91 Å². The molecule has 0 saturated carbocycles. The zero-order valence-corrected chi connectivity index (χ0v) is 13.1. The van der Waals surface area contributed by atoms with Crippen LogP contribution in [-0.2, 0) is 16.1 Å². The van der Waals surface area contributed by atoms with E-state index >= 15 is 0 Å². The molecule has 1 aromatic rings. The molecule has 1 saturated heterocycles. The number of ether oxygens (including phenoxy) is 2. The van der Waals surface area contributed by atoms with Crippen molar-refractivity contribution in [3.05, 3.63) is 29.8 Å². The molecular weight excluding hydrogens is 284 g/mol. The van der Waals surface area contributed by atoms with E-state index in [1.165, 1.54) is 7.11 Å². The smallest absolute Gasteiger partial charge is 0.246 e. The van der Waals surface area contributed by atoms with Gasteiger partial charge in [0.1, 0.15) is 12.4 Å². The minimum atomic E-state index is -0.144. The number of carbonyl (C=O) groups is 1. The van der Waals surface area contributed by atoms with Crippen LogP contribution in [0, 0.1) is 5.92 Å². The molecule has 0 unspecified atom stereocenters. The van der Waals surface area contributed by atoms with Gasteiger partial charge >= 0.3 is 0 Å². The molecule has 1 heterocycles. The first-order chi connectivity index (χ1) is 10.7. The van der Waals surface area contributed by atoms with Gasteiger partial charge in [-0.3, -0.25) is 9.69 Å². The van der Waals surface area contributed by atoms with E-state index in [-0.39, 0.29) is 31.1 Å². The molecule has 1 aliphatic heterocycles. The topological polar surface area (TPSA) is 71.0 Å². The molecule has 1 aromatic carbocycles. The van der Waals surface area contributed by atoms with Crippen LogP contribution in [0.5, 0.6) is 5.75 Å². The Balaban J connectivity index is 1.94. The highest BCUT2D eigenvalue weighted by Crippen LogP contribution is 2.21. The zero-order valence-electron chi connectivity index (χ0n) is 13.1. The molecule has 22 heavy (non-hydrogen) atoms. The van der Waals surface area contributed by atoms with Gasteiger partial charge in [-0.2, -0.15) is 0 Å². The highest BCUT2D eigenvalue weighted by Gasteiger charge is 2.33. The number of nitrogens with one attached hydrogen (secondary N) is 1. The van der Waals surface area contributed by atoms with Crippen LogP contribution in [0.15, 0.2) is 24.3 Å². The number of hydrogen-bond acceptors (Lipinski definition) is 5. The van der Waals surface area contributed by atoms with Crippen molar-refractivity contribution in [2.24, 2.45) is 5.92 Å². The van der Waals surface area contributed by atoms with Gasteiger partial charge in [-0.15, -0.1) is 0 Å². The summed E-state index contributed by atoms with van der Waals surface area (Å²) in [7, 11) is 3.14. The van der Waals surface area contributed by atoms with Crippen molar-refractivity contribution in [2.45, 2.75) is 12.6 Å². The summed E-state index contributed by atoms with van der Waals surface area (Å²) in [6.45, 7) is 2.35. The molecule has 1 amide bonds. The monoisotopic (exact) mass is 308 g/mol. The van der Waals surface area contributed by atoms with Crippen LogP contribution in [-0.4, -0.2) is 62.5 Å². The van der Waals surface area contributed by atoms with E-state index in [2.05, 4.69) is 10.2 Å². The first-order valence-electron chi connectivity index (χ1n) is 7.40. The van der Waals surface area contributed by atoms with Crippen LogP contribution in [0.4, 0.5) is 0 Å². The van der Waals surface area contributed by atoms with E-state index < -0.39 is 0 Å². The van der Waals surface area contributed by atoms with Crippen molar-refractivity contribution in [3.8, 4) is 5.75 Å². The molecule has 1 aliphatic rings. The van der Waals surface area contributed by atoms with Crippen LogP contribution in [0.3, 0.4) is 0 Å². The fraction of sp³-hybridized carbons (Fsp3) is 0.562. The average Bonchev–Trinajstić information content (AvgIpc) is 2.89. The van der Waals surface area contributed by atoms with Gasteiger partial charge in [0.05, 0.1) is 7.11 Å². The number of amides is 1. The third kappa shape index (κ3) is 4.43. The number of aliphatic hydroxyl groups excluding tert-OH is 1. The molecule has 2 rings (SSSR count). The van der Waals surface area contributed by atoms with Gasteiger partial charge < -0.3 is 19.9 Å². The highest BCUT2D eigenvalue weighted by molar-refractivity contribution is 5.77. The molecule has 6 nitrogen and oxygen atoms in total. The predicted octanol–water partition coefficient (Wildman–Crippen LogP) is 0.251. The standard InChI is InChI=1S/C16H24N2O4/c1-21-11-16(20)17-15-9-18(8-13(15)10-19)7-12-4-3-5-14(6-12)22-2/h3-6,13,15,19H,7-11H2,1-2H3,(H,17,20)/t13-,15+/m0/s1. The maximum Gasteiger partial charge on any atom is 0.246 e. The molecule has 6 heteroatoms. The number of methoxy groups -OCH3 is 2. The van der Waals surface area contributed by atoms with Crippen LogP contribution in [0.2, 0.25) is 0 Å². The lowest BCUT2D eigenvalue weighted by Crippen LogP contribution is -2.43. The molecule has 2 N–H and O–H groups in total. The van der Waals surface area contributed by atoms with Gasteiger partial charge in [-0.05, 0) is 17.7 Å². The maximum absolute atomic E-state index is 11.7. The Labute approximate surface area is 131 Å². The van der Waals surface area contributed by atoms with Crippen molar-refractivity contribution in [2.75, 3.05) is 40.5 Å². The second-order valence-electron chi connectivity index (χ2n) is 5.60. The fourth-order valence-electron chi connectivity index (χ4n) is 2.85. The van der Waals surface area contributed by atoms with Crippen molar-refractivity contribution in [3.63, 3.8) is 0 Å². The number of aliphatic hydroxyl groups is 1. The van der Waals surface area contributed by atoms with Gasteiger partial charge in [0.2, 0.25) is 5.91 Å². The quantitative estimate of drug-likeness (QED) is 0.755. The summed E-state index contributed by atoms with van der Waals surface area (Å²) in [5, 5.41) is 12.4. The highest BCUT2D eigenvalue weighted by atomic mass is 16.5. The zero-order chi connectivity index (χ0) is 15.9. The van der Waals surface area contributed by atoms with E-state index in [0.717, 1.165) is 30.9 Å². The Morgan fingerprint density at radius 2 is 2.23 bits per heavy atom. The Morgan fingerprint density at radius 3 is 2.91 bits per heavy atom. The van der Waals surface area contributed by atoms with Gasteiger partial charge in [0, 0.05) is 45.3 Å². The lowest BCUT2D eigenvalue weighted by atomic mass is 10.1. The van der Waals surface area contributed by atoms with E-state index in [0.29, 0.717) is 0 Å². The first kappa shape index (κ1) is 16.7. The minimum Gasteiger partial charge on any atom is -0.497 e. The van der Waals surface area contributed by atoms with Crippen molar-refractivity contribution in [1.82, 2.24) is 10.2 Å². The Bertz CT molecular complexity index is 495. The number of likely N-dealkylation sites (tertiary alicyclic amines) is 1. The Morgan fingerprint density at radius 1 is 1.41 bits per heavy atom. The summed E-state index contributed by atoms with van der Waals surface area (Å²) in [5.74, 6) is 0.737. The third-order valence-electron chi connectivity index (χ3n) is 3.91. The number of nitrogens with zero attached hydrogens (tertiary/aromatic N) is 1. The predicted molar refractivity (Wildman–Crippen MR) is 82.7 cm³/mol. The minimum absolute atomic E-state index is 0.0433. The maximum atomic E-state index is 11.7. The molecule has 122 valence electrons. The Kier molecular flexibility index (Phi) is 6.18. The number of rotatable bonds is 7.